The minimum absolute atomic E-state index is 0.0492. The number of benzene rings is 2. The van der Waals surface area contributed by atoms with E-state index in [2.05, 4.69) is 25.7 Å². The number of likely N-dealkylation sites (tertiary alicyclic amines) is 1. The van der Waals surface area contributed by atoms with Crippen molar-refractivity contribution in [3.8, 4) is 17.2 Å². The van der Waals surface area contributed by atoms with Crippen LogP contribution < -0.4 is 14.2 Å². The van der Waals surface area contributed by atoms with E-state index in [1.165, 1.54) is 0 Å². The molecule has 0 aromatic heterocycles. The molecule has 2 aromatic rings. The molecule has 4 rings (SSSR count). The zero-order valence-electron chi connectivity index (χ0n) is 24.4. The summed E-state index contributed by atoms with van der Waals surface area (Å²) in [5, 5.41) is 11.6. The molecule has 0 bridgehead atoms. The van der Waals surface area contributed by atoms with E-state index in [-0.39, 0.29) is 17.4 Å². The summed E-state index contributed by atoms with van der Waals surface area (Å²) in [4.78, 5) is 30.8. The number of rotatable bonds is 13. The molecule has 0 radical (unpaired) electrons. The van der Waals surface area contributed by atoms with Crippen LogP contribution in [0.1, 0.15) is 70.2 Å². The van der Waals surface area contributed by atoms with E-state index in [9.17, 15) is 14.7 Å². The summed E-state index contributed by atoms with van der Waals surface area (Å²) in [5.74, 6) is 0.463. The fourth-order valence-electron chi connectivity index (χ4n) is 5.38. The second-order valence-corrected chi connectivity index (χ2v) is 10.3. The van der Waals surface area contributed by atoms with Crippen molar-refractivity contribution in [1.82, 2.24) is 9.80 Å². The van der Waals surface area contributed by atoms with Gasteiger partial charge in [-0.3, -0.25) is 9.59 Å². The van der Waals surface area contributed by atoms with Crippen molar-refractivity contribution in [2.45, 2.75) is 66.0 Å². The lowest BCUT2D eigenvalue weighted by molar-refractivity contribution is -0.140. The number of likely N-dealkylation sites (N-methyl/N-ethyl adjacent to an activating group) is 1. The van der Waals surface area contributed by atoms with Gasteiger partial charge in [-0.25, -0.2) is 0 Å². The van der Waals surface area contributed by atoms with E-state index >= 15 is 0 Å². The Balaban J connectivity index is 1.79. The topological polar surface area (TPSA) is 88.5 Å². The lowest BCUT2D eigenvalue weighted by atomic mass is 9.94. The Morgan fingerprint density at radius 2 is 1.82 bits per heavy atom. The molecule has 40 heavy (non-hydrogen) atoms. The molecule has 2 aliphatic heterocycles. The Hall–Kier alpha value is -3.52. The largest absolute Gasteiger partial charge is 0.507 e. The van der Waals surface area contributed by atoms with Crippen molar-refractivity contribution in [1.29, 1.82) is 0 Å². The highest BCUT2D eigenvalue weighted by Crippen LogP contribution is 2.42. The van der Waals surface area contributed by atoms with Crippen LogP contribution in [0.4, 0.5) is 0 Å². The van der Waals surface area contributed by atoms with E-state index in [0.29, 0.717) is 48.9 Å². The quantitative estimate of drug-likeness (QED) is 0.156. The van der Waals surface area contributed by atoms with Crippen molar-refractivity contribution < 1.29 is 28.9 Å². The van der Waals surface area contributed by atoms with Crippen LogP contribution in [0.15, 0.2) is 42.0 Å². The number of amides is 1. The molecule has 216 valence electrons. The van der Waals surface area contributed by atoms with Gasteiger partial charge in [0.2, 0.25) is 0 Å². The summed E-state index contributed by atoms with van der Waals surface area (Å²) in [7, 11) is 0. The molecule has 2 atom stereocenters. The van der Waals surface area contributed by atoms with Crippen LogP contribution in [0.2, 0.25) is 0 Å². The summed E-state index contributed by atoms with van der Waals surface area (Å²) >= 11 is 0. The highest BCUT2D eigenvalue weighted by Gasteiger charge is 2.46. The minimum atomic E-state index is -0.761. The molecule has 8 nitrogen and oxygen atoms in total. The second-order valence-electron chi connectivity index (χ2n) is 10.3. The molecule has 2 heterocycles. The Bertz CT molecular complexity index is 1250. The van der Waals surface area contributed by atoms with Crippen molar-refractivity contribution >= 4 is 17.4 Å². The first kappa shape index (κ1) is 29.5. The normalized spacial score (nSPS) is 19.7. The number of fused-ring (bicyclic) bond motifs is 1. The first-order valence-electron chi connectivity index (χ1n) is 14.5. The number of Topliss-reactive ketones (excluding diaryl/α,β-unsaturated/α-hetero) is 1. The van der Waals surface area contributed by atoms with E-state index in [4.69, 9.17) is 14.2 Å². The van der Waals surface area contributed by atoms with Crippen LogP contribution in [0, 0.1) is 0 Å². The van der Waals surface area contributed by atoms with Gasteiger partial charge < -0.3 is 29.1 Å². The van der Waals surface area contributed by atoms with E-state index in [1.54, 1.807) is 11.0 Å². The molecular formula is C32H42N2O6. The zero-order valence-corrected chi connectivity index (χ0v) is 24.4. The van der Waals surface area contributed by atoms with Crippen molar-refractivity contribution in [3.63, 3.8) is 0 Å². The molecule has 2 aliphatic rings. The number of ketones is 1. The maximum atomic E-state index is 13.5. The van der Waals surface area contributed by atoms with Gasteiger partial charge in [0, 0.05) is 25.1 Å². The lowest BCUT2D eigenvalue weighted by Gasteiger charge is -2.28. The van der Waals surface area contributed by atoms with Crippen molar-refractivity contribution in [2.24, 2.45) is 0 Å². The van der Waals surface area contributed by atoms with Crippen LogP contribution in [0.5, 0.6) is 17.2 Å². The number of aliphatic hydroxyl groups is 1. The van der Waals surface area contributed by atoms with Crippen LogP contribution in [-0.4, -0.2) is 72.1 Å². The number of aliphatic hydroxyl groups excluding tert-OH is 1. The molecule has 1 fully saturated rings. The molecule has 0 spiro atoms. The number of nitrogens with zero attached hydrogens (tertiary/aromatic N) is 2. The Morgan fingerprint density at radius 3 is 2.52 bits per heavy atom. The molecular weight excluding hydrogens is 508 g/mol. The summed E-state index contributed by atoms with van der Waals surface area (Å²) in [6.07, 6.45) is 2.70. The molecule has 0 saturated carbocycles. The maximum absolute atomic E-state index is 13.5. The van der Waals surface area contributed by atoms with Gasteiger partial charge >= 0.3 is 0 Å². The second kappa shape index (κ2) is 13.2. The smallest absolute Gasteiger partial charge is 0.295 e. The molecule has 8 heteroatoms. The van der Waals surface area contributed by atoms with Crippen molar-refractivity contribution in [2.75, 3.05) is 39.4 Å². The standard InChI is InChI=1S/C32H42N2O6/c1-6-10-17-39-26-14-11-22(20-27(26)38-9-4)29-28(31(36)32(37)34(29)16-15-33(7-2)8-3)30(35)23-12-13-25-24(19-23)18-21(5)40-25/h11-14,19-21,29,35H,6-10,15-18H2,1-5H3/b30-28+/t21-,29-/m0/s1. The van der Waals surface area contributed by atoms with Crippen LogP contribution in [0.25, 0.3) is 5.76 Å². The highest BCUT2D eigenvalue weighted by atomic mass is 16.5. The minimum Gasteiger partial charge on any atom is -0.507 e. The number of carbonyl (C=O) groups excluding carboxylic acids is 2. The van der Waals surface area contributed by atoms with Gasteiger partial charge in [-0.2, -0.15) is 0 Å². The third kappa shape index (κ3) is 6.12. The molecule has 2 aromatic carbocycles. The van der Waals surface area contributed by atoms with Crippen LogP contribution >= 0.6 is 0 Å². The monoisotopic (exact) mass is 550 g/mol. The number of carbonyl (C=O) groups is 2. The van der Waals surface area contributed by atoms with Gasteiger partial charge in [-0.1, -0.05) is 33.3 Å². The first-order chi connectivity index (χ1) is 19.3. The predicted octanol–water partition coefficient (Wildman–Crippen LogP) is 5.35. The summed E-state index contributed by atoms with van der Waals surface area (Å²) in [6, 6.07) is 10.2. The molecule has 1 saturated heterocycles. The fourth-order valence-corrected chi connectivity index (χ4v) is 5.38. The van der Waals surface area contributed by atoms with Crippen LogP contribution in [0.3, 0.4) is 0 Å². The number of ether oxygens (including phenoxy) is 3. The van der Waals surface area contributed by atoms with Gasteiger partial charge in [0.05, 0.1) is 24.8 Å². The van der Waals surface area contributed by atoms with E-state index in [0.717, 1.165) is 43.7 Å². The predicted molar refractivity (Wildman–Crippen MR) is 155 cm³/mol. The van der Waals surface area contributed by atoms with Crippen molar-refractivity contribution in [3.05, 3.63) is 58.7 Å². The fraction of sp³-hybridized carbons (Fsp3) is 0.500. The maximum Gasteiger partial charge on any atom is 0.295 e. The van der Waals surface area contributed by atoms with Crippen LogP contribution in [-0.2, 0) is 16.0 Å². The highest BCUT2D eigenvalue weighted by molar-refractivity contribution is 6.46. The van der Waals surface area contributed by atoms with E-state index < -0.39 is 17.7 Å². The molecule has 1 N–H and O–H groups in total. The average Bonchev–Trinajstić information content (AvgIpc) is 3.45. The van der Waals surface area contributed by atoms with Gasteiger partial charge in [0.15, 0.2) is 11.5 Å². The molecule has 1 amide bonds. The number of unbranched alkanes of at least 4 members (excludes halogenated alkanes) is 1. The van der Waals surface area contributed by atoms with Gasteiger partial charge in [0.1, 0.15) is 17.6 Å². The molecule has 0 unspecified atom stereocenters. The summed E-state index contributed by atoms with van der Waals surface area (Å²) in [5.41, 5.74) is 2.23. The number of hydrogen-bond acceptors (Lipinski definition) is 7. The van der Waals surface area contributed by atoms with Gasteiger partial charge in [-0.15, -0.1) is 0 Å². The van der Waals surface area contributed by atoms with Gasteiger partial charge in [-0.05, 0) is 74.8 Å². The molecule has 0 aliphatic carbocycles. The Labute approximate surface area is 237 Å². The zero-order chi connectivity index (χ0) is 28.8. The number of hydrogen-bond donors (Lipinski definition) is 1. The SMILES string of the molecule is CCCCOc1ccc([C@H]2/C(=C(\O)c3ccc4c(c3)C[C@H](C)O4)C(=O)C(=O)N2CCN(CC)CC)cc1OCC. The van der Waals surface area contributed by atoms with E-state index in [1.807, 2.05) is 44.2 Å². The third-order valence-electron chi connectivity index (χ3n) is 7.60. The van der Waals surface area contributed by atoms with Gasteiger partial charge in [0.25, 0.3) is 11.7 Å². The Morgan fingerprint density at radius 1 is 1.05 bits per heavy atom. The Kier molecular flexibility index (Phi) is 9.74. The first-order valence-corrected chi connectivity index (χ1v) is 14.5. The summed E-state index contributed by atoms with van der Waals surface area (Å²) in [6.45, 7) is 13.8. The average molecular weight is 551 g/mol. The summed E-state index contributed by atoms with van der Waals surface area (Å²) < 4.78 is 17.7. The third-order valence-corrected chi connectivity index (χ3v) is 7.60. The lowest BCUT2D eigenvalue weighted by Crippen LogP contribution is -2.38.